The maximum atomic E-state index is 14.8. The van der Waals surface area contributed by atoms with Gasteiger partial charge in [-0.1, -0.05) is 36.4 Å². The number of benzene rings is 3. The first kappa shape index (κ1) is 21.1. The lowest BCUT2D eigenvalue weighted by Gasteiger charge is -2.16. The SMILES string of the molecule is COc1ccc(Nc2c(-c3ccccc3F)c(C)nn2-c2ccccc2C)c(C(=O)O)c1. The highest BCUT2D eigenvalue weighted by Crippen LogP contribution is 2.38. The molecule has 4 rings (SSSR count). The van der Waals surface area contributed by atoms with Crippen molar-refractivity contribution in [1.82, 2.24) is 9.78 Å². The van der Waals surface area contributed by atoms with Gasteiger partial charge in [-0.05, 0) is 49.7 Å². The Morgan fingerprint density at radius 2 is 1.78 bits per heavy atom. The predicted octanol–water partition coefficient (Wildman–Crippen LogP) is 5.75. The Balaban J connectivity index is 1.97. The van der Waals surface area contributed by atoms with E-state index < -0.39 is 11.8 Å². The summed E-state index contributed by atoms with van der Waals surface area (Å²) in [6.07, 6.45) is 0. The highest BCUT2D eigenvalue weighted by molar-refractivity contribution is 5.96. The van der Waals surface area contributed by atoms with Crippen LogP contribution in [0.15, 0.2) is 66.7 Å². The molecule has 32 heavy (non-hydrogen) atoms. The van der Waals surface area contributed by atoms with Crippen molar-refractivity contribution in [3.05, 3.63) is 89.4 Å². The van der Waals surface area contributed by atoms with Gasteiger partial charge >= 0.3 is 5.97 Å². The molecule has 2 N–H and O–H groups in total. The smallest absolute Gasteiger partial charge is 0.337 e. The zero-order valence-corrected chi connectivity index (χ0v) is 17.9. The van der Waals surface area contributed by atoms with Gasteiger partial charge in [-0.3, -0.25) is 0 Å². The first-order valence-electron chi connectivity index (χ1n) is 9.99. The van der Waals surface area contributed by atoms with Gasteiger partial charge in [0.15, 0.2) is 0 Å². The zero-order chi connectivity index (χ0) is 22.8. The van der Waals surface area contributed by atoms with Crippen LogP contribution in [0.5, 0.6) is 5.75 Å². The Morgan fingerprint density at radius 3 is 2.47 bits per heavy atom. The molecule has 1 heterocycles. The van der Waals surface area contributed by atoms with Crippen LogP contribution in [0.25, 0.3) is 16.8 Å². The molecule has 0 spiro atoms. The van der Waals surface area contributed by atoms with Crippen molar-refractivity contribution < 1.29 is 19.0 Å². The molecule has 0 fully saturated rings. The van der Waals surface area contributed by atoms with Crippen LogP contribution in [-0.2, 0) is 0 Å². The number of carboxylic acids is 1. The van der Waals surface area contributed by atoms with Gasteiger partial charge in [0.25, 0.3) is 0 Å². The second-order valence-corrected chi connectivity index (χ2v) is 7.33. The summed E-state index contributed by atoms with van der Waals surface area (Å²) in [6.45, 7) is 3.75. The molecule has 0 bridgehead atoms. The van der Waals surface area contributed by atoms with Crippen LogP contribution >= 0.6 is 0 Å². The van der Waals surface area contributed by atoms with E-state index in [2.05, 4.69) is 10.4 Å². The lowest BCUT2D eigenvalue weighted by atomic mass is 10.0. The van der Waals surface area contributed by atoms with Gasteiger partial charge in [-0.25, -0.2) is 13.9 Å². The Labute approximate surface area is 184 Å². The Kier molecular flexibility index (Phi) is 5.64. The van der Waals surface area contributed by atoms with Crippen molar-refractivity contribution in [3.63, 3.8) is 0 Å². The minimum absolute atomic E-state index is 0.0269. The van der Waals surface area contributed by atoms with Crippen molar-refractivity contribution in [2.75, 3.05) is 12.4 Å². The van der Waals surface area contributed by atoms with Crippen molar-refractivity contribution in [2.24, 2.45) is 0 Å². The number of carbonyl (C=O) groups is 1. The number of ether oxygens (including phenoxy) is 1. The number of aromatic nitrogens is 2. The number of halogens is 1. The van der Waals surface area contributed by atoms with Gasteiger partial charge in [-0.15, -0.1) is 0 Å². The number of aryl methyl sites for hydroxylation is 2. The van der Waals surface area contributed by atoms with E-state index in [0.29, 0.717) is 34.1 Å². The van der Waals surface area contributed by atoms with Crippen LogP contribution in [0, 0.1) is 19.7 Å². The van der Waals surface area contributed by atoms with E-state index in [1.165, 1.54) is 19.2 Å². The second kappa shape index (κ2) is 8.55. The number of hydrogen-bond acceptors (Lipinski definition) is 4. The normalized spacial score (nSPS) is 10.8. The van der Waals surface area contributed by atoms with Crippen molar-refractivity contribution in [3.8, 4) is 22.6 Å². The molecule has 3 aromatic carbocycles. The number of hydrogen-bond donors (Lipinski definition) is 2. The fourth-order valence-corrected chi connectivity index (χ4v) is 3.67. The molecule has 0 radical (unpaired) electrons. The van der Waals surface area contributed by atoms with E-state index in [1.54, 1.807) is 41.9 Å². The third kappa shape index (κ3) is 3.80. The van der Waals surface area contributed by atoms with E-state index in [9.17, 15) is 14.3 Å². The summed E-state index contributed by atoms with van der Waals surface area (Å²) in [4.78, 5) is 11.9. The fraction of sp³-hybridized carbons (Fsp3) is 0.120. The summed E-state index contributed by atoms with van der Waals surface area (Å²) >= 11 is 0. The van der Waals surface area contributed by atoms with Crippen LogP contribution in [0.1, 0.15) is 21.6 Å². The second-order valence-electron chi connectivity index (χ2n) is 7.33. The van der Waals surface area contributed by atoms with Crippen LogP contribution in [0.3, 0.4) is 0 Å². The van der Waals surface area contributed by atoms with E-state index in [-0.39, 0.29) is 5.56 Å². The molecule has 1 aromatic heterocycles. The Morgan fingerprint density at radius 1 is 1.06 bits per heavy atom. The van der Waals surface area contributed by atoms with Crippen LogP contribution in [0.4, 0.5) is 15.9 Å². The maximum absolute atomic E-state index is 14.8. The average molecular weight is 431 g/mol. The van der Waals surface area contributed by atoms with Crippen molar-refractivity contribution in [1.29, 1.82) is 0 Å². The van der Waals surface area contributed by atoms with E-state index in [1.807, 2.05) is 31.2 Å². The van der Waals surface area contributed by atoms with Gasteiger partial charge in [0.1, 0.15) is 17.4 Å². The van der Waals surface area contributed by atoms with Crippen LogP contribution < -0.4 is 10.1 Å². The molecule has 0 saturated carbocycles. The molecule has 0 aliphatic rings. The monoisotopic (exact) mass is 431 g/mol. The molecule has 4 aromatic rings. The highest BCUT2D eigenvalue weighted by atomic mass is 19.1. The van der Waals surface area contributed by atoms with Crippen molar-refractivity contribution >= 4 is 17.5 Å². The number of anilines is 2. The van der Waals surface area contributed by atoms with Gasteiger partial charge in [0.05, 0.1) is 35.3 Å². The summed E-state index contributed by atoms with van der Waals surface area (Å²) in [5.41, 5.74) is 3.66. The third-order valence-corrected chi connectivity index (χ3v) is 5.26. The summed E-state index contributed by atoms with van der Waals surface area (Å²) in [5.74, 6) is -0.617. The van der Waals surface area contributed by atoms with E-state index in [0.717, 1.165) is 11.3 Å². The minimum Gasteiger partial charge on any atom is -0.497 e. The van der Waals surface area contributed by atoms with Gasteiger partial charge in [0, 0.05) is 5.56 Å². The molecule has 0 aliphatic carbocycles. The third-order valence-electron chi connectivity index (χ3n) is 5.26. The number of carboxylic acid groups (broad SMARTS) is 1. The standard InChI is InChI=1S/C25H22FN3O3/c1-15-8-4-7-11-22(15)29-24(23(16(2)28-29)18-9-5-6-10-20(18)26)27-21-13-12-17(32-3)14-19(21)25(30)31/h4-14,27H,1-3H3,(H,30,31). The molecule has 7 heteroatoms. The number of rotatable bonds is 6. The summed E-state index contributed by atoms with van der Waals surface area (Å²) < 4.78 is 21.7. The molecular formula is C25H22FN3O3. The molecule has 0 atom stereocenters. The van der Waals surface area contributed by atoms with E-state index >= 15 is 0 Å². The molecule has 6 nitrogen and oxygen atoms in total. The number of aromatic carboxylic acids is 1. The lowest BCUT2D eigenvalue weighted by molar-refractivity contribution is 0.0697. The summed E-state index contributed by atoms with van der Waals surface area (Å²) in [5, 5.41) is 17.6. The summed E-state index contributed by atoms with van der Waals surface area (Å²) in [6, 6.07) is 18.8. The number of nitrogens with zero attached hydrogens (tertiary/aromatic N) is 2. The first-order valence-corrected chi connectivity index (χ1v) is 9.99. The largest absolute Gasteiger partial charge is 0.497 e. The molecule has 0 saturated heterocycles. The molecule has 162 valence electrons. The number of para-hydroxylation sites is 1. The minimum atomic E-state index is -1.11. The highest BCUT2D eigenvalue weighted by Gasteiger charge is 2.23. The molecule has 0 amide bonds. The lowest BCUT2D eigenvalue weighted by Crippen LogP contribution is -2.08. The van der Waals surface area contributed by atoms with Crippen LogP contribution in [0.2, 0.25) is 0 Å². The predicted molar refractivity (Wildman–Crippen MR) is 122 cm³/mol. The zero-order valence-electron chi connectivity index (χ0n) is 17.9. The summed E-state index contributed by atoms with van der Waals surface area (Å²) in [7, 11) is 1.47. The molecule has 0 aliphatic heterocycles. The Hall–Kier alpha value is -4.13. The van der Waals surface area contributed by atoms with Crippen LogP contribution in [-0.4, -0.2) is 28.0 Å². The maximum Gasteiger partial charge on any atom is 0.337 e. The molecule has 0 unspecified atom stereocenters. The average Bonchev–Trinajstić information content (AvgIpc) is 3.10. The number of nitrogens with one attached hydrogen (secondary N) is 1. The quantitative estimate of drug-likeness (QED) is 0.407. The van der Waals surface area contributed by atoms with Crippen molar-refractivity contribution in [2.45, 2.75) is 13.8 Å². The van der Waals surface area contributed by atoms with Gasteiger partial charge in [0.2, 0.25) is 0 Å². The topological polar surface area (TPSA) is 76.4 Å². The number of methoxy groups -OCH3 is 1. The van der Waals surface area contributed by atoms with E-state index in [4.69, 9.17) is 4.74 Å². The molecular weight excluding hydrogens is 409 g/mol. The van der Waals surface area contributed by atoms with Gasteiger partial charge in [-0.2, -0.15) is 5.10 Å². The van der Waals surface area contributed by atoms with Gasteiger partial charge < -0.3 is 15.2 Å². The Bertz CT molecular complexity index is 1310. The first-order chi connectivity index (χ1) is 15.4. The fourth-order valence-electron chi connectivity index (χ4n) is 3.67.